The highest BCUT2D eigenvalue weighted by Crippen LogP contribution is 2.40. The van der Waals surface area contributed by atoms with Crippen LogP contribution >= 0.6 is 0 Å². The third-order valence-electron chi connectivity index (χ3n) is 8.14. The van der Waals surface area contributed by atoms with E-state index < -0.39 is 17.2 Å². The molecule has 4 aromatic rings. The van der Waals surface area contributed by atoms with Crippen LogP contribution in [0.2, 0.25) is 0 Å². The number of benzene rings is 3. The molecule has 6 nitrogen and oxygen atoms in total. The molecule has 2 aliphatic rings. The van der Waals surface area contributed by atoms with Gasteiger partial charge in [0.2, 0.25) is 0 Å². The van der Waals surface area contributed by atoms with Crippen molar-refractivity contribution in [3.63, 3.8) is 0 Å². The van der Waals surface area contributed by atoms with Gasteiger partial charge >= 0.3 is 0 Å². The molecule has 8 heteroatoms. The summed E-state index contributed by atoms with van der Waals surface area (Å²) in [6.45, 7) is 4.30. The van der Waals surface area contributed by atoms with Crippen molar-refractivity contribution < 1.29 is 13.9 Å². The predicted molar refractivity (Wildman–Crippen MR) is 146 cm³/mol. The summed E-state index contributed by atoms with van der Waals surface area (Å²) >= 11 is 0. The molecule has 0 saturated carbocycles. The fourth-order valence-electron chi connectivity index (χ4n) is 6.34. The molecule has 0 spiro atoms. The summed E-state index contributed by atoms with van der Waals surface area (Å²) in [4.78, 5) is 2.46. The average molecular weight is 528 g/mol. The SMILES string of the molecule is CC(C)(O)Cn1ncc2cc(-c3ccc(CN4[C@@H]5CC[C@H]4[C@@H](N)C5)cc3-c3ccc(C#N)c(F)c3)c(F)cc21. The van der Waals surface area contributed by atoms with Gasteiger partial charge in [-0.25, -0.2) is 8.78 Å². The minimum atomic E-state index is -1.00. The van der Waals surface area contributed by atoms with Crippen LogP contribution in [0, 0.1) is 23.0 Å². The summed E-state index contributed by atoms with van der Waals surface area (Å²) in [6.07, 6.45) is 4.91. The van der Waals surface area contributed by atoms with E-state index >= 15 is 4.39 Å². The lowest BCUT2D eigenvalue weighted by atomic mass is 9.91. The molecule has 3 atom stereocenters. The number of aliphatic hydroxyl groups is 1. The molecule has 0 amide bonds. The summed E-state index contributed by atoms with van der Waals surface area (Å²) in [5.74, 6) is -1.05. The smallest absolute Gasteiger partial charge is 0.141 e. The van der Waals surface area contributed by atoms with Gasteiger partial charge in [-0.2, -0.15) is 10.4 Å². The van der Waals surface area contributed by atoms with E-state index in [9.17, 15) is 14.8 Å². The zero-order valence-corrected chi connectivity index (χ0v) is 22.0. The Morgan fingerprint density at radius 3 is 2.54 bits per heavy atom. The molecule has 3 N–H and O–H groups in total. The Hall–Kier alpha value is -3.64. The monoisotopic (exact) mass is 527 g/mol. The van der Waals surface area contributed by atoms with Gasteiger partial charge in [-0.15, -0.1) is 0 Å². The minimum Gasteiger partial charge on any atom is -0.389 e. The first-order valence-corrected chi connectivity index (χ1v) is 13.3. The average Bonchev–Trinajstić information content (AvgIpc) is 3.54. The third-order valence-corrected chi connectivity index (χ3v) is 8.14. The van der Waals surface area contributed by atoms with Gasteiger partial charge in [0.05, 0.1) is 29.4 Å². The van der Waals surface area contributed by atoms with Gasteiger partial charge in [0.1, 0.15) is 17.7 Å². The zero-order valence-electron chi connectivity index (χ0n) is 22.0. The normalized spacial score (nSPS) is 21.1. The van der Waals surface area contributed by atoms with E-state index in [4.69, 9.17) is 5.73 Å². The highest BCUT2D eigenvalue weighted by Gasteiger charge is 2.44. The predicted octanol–water partition coefficient (Wildman–Crippen LogP) is 5.36. The number of hydrogen-bond acceptors (Lipinski definition) is 5. The molecular formula is C31H31F2N5O. The quantitative estimate of drug-likeness (QED) is 0.353. The second kappa shape index (κ2) is 9.53. The van der Waals surface area contributed by atoms with Crippen molar-refractivity contribution in [3.8, 4) is 28.3 Å². The van der Waals surface area contributed by atoms with E-state index in [1.807, 2.05) is 24.3 Å². The number of nitrogens with zero attached hydrogens (tertiary/aromatic N) is 4. The van der Waals surface area contributed by atoms with Crippen molar-refractivity contribution >= 4 is 10.9 Å². The van der Waals surface area contributed by atoms with Crippen molar-refractivity contribution in [3.05, 3.63) is 77.5 Å². The Morgan fingerprint density at radius 1 is 1.05 bits per heavy atom. The lowest BCUT2D eigenvalue weighted by molar-refractivity contribution is 0.0591. The Balaban J connectivity index is 1.45. The highest BCUT2D eigenvalue weighted by atomic mass is 19.1. The second-order valence-electron chi connectivity index (χ2n) is 11.6. The summed E-state index contributed by atoms with van der Waals surface area (Å²) in [7, 11) is 0. The number of nitrogens with two attached hydrogens (primary N) is 1. The Morgan fingerprint density at radius 2 is 1.87 bits per heavy atom. The molecule has 0 radical (unpaired) electrons. The van der Waals surface area contributed by atoms with Crippen molar-refractivity contribution in [2.75, 3.05) is 0 Å². The number of nitriles is 1. The van der Waals surface area contributed by atoms with Crippen molar-refractivity contribution in [1.29, 1.82) is 5.26 Å². The molecule has 3 heterocycles. The first-order valence-electron chi connectivity index (χ1n) is 13.3. The molecule has 6 rings (SSSR count). The molecule has 2 saturated heterocycles. The maximum atomic E-state index is 15.7. The van der Waals surface area contributed by atoms with Gasteiger partial charge in [0.25, 0.3) is 0 Å². The maximum absolute atomic E-state index is 15.7. The summed E-state index contributed by atoms with van der Waals surface area (Å²) < 4.78 is 32.1. The molecule has 2 fully saturated rings. The van der Waals surface area contributed by atoms with Gasteiger partial charge in [-0.3, -0.25) is 9.58 Å². The Bertz CT molecular complexity index is 1620. The zero-order chi connectivity index (χ0) is 27.5. The molecule has 1 aromatic heterocycles. The van der Waals surface area contributed by atoms with Gasteiger partial charge in [-0.05, 0) is 79.6 Å². The van der Waals surface area contributed by atoms with E-state index in [-0.39, 0.29) is 18.2 Å². The first kappa shape index (κ1) is 25.6. The molecular weight excluding hydrogens is 496 g/mol. The molecule has 2 bridgehead atoms. The maximum Gasteiger partial charge on any atom is 0.141 e. The second-order valence-corrected chi connectivity index (χ2v) is 11.6. The van der Waals surface area contributed by atoms with Crippen LogP contribution in [0.1, 0.15) is 44.2 Å². The molecule has 2 aliphatic heterocycles. The molecule has 0 unspecified atom stereocenters. The van der Waals surface area contributed by atoms with Crippen LogP contribution in [0.25, 0.3) is 33.2 Å². The number of fused-ring (bicyclic) bond motifs is 3. The van der Waals surface area contributed by atoms with Crippen LogP contribution in [0.4, 0.5) is 8.78 Å². The van der Waals surface area contributed by atoms with E-state index in [1.165, 1.54) is 18.2 Å². The number of aromatic nitrogens is 2. The van der Waals surface area contributed by atoms with E-state index in [1.54, 1.807) is 36.9 Å². The lowest BCUT2D eigenvalue weighted by Gasteiger charge is -2.23. The van der Waals surface area contributed by atoms with Gasteiger partial charge < -0.3 is 10.8 Å². The molecule has 3 aromatic carbocycles. The molecule has 39 heavy (non-hydrogen) atoms. The minimum absolute atomic E-state index is 0.0362. The highest BCUT2D eigenvalue weighted by molar-refractivity contribution is 5.90. The van der Waals surface area contributed by atoms with Crippen molar-refractivity contribution in [2.24, 2.45) is 5.73 Å². The number of halogens is 2. The Labute approximate surface area is 226 Å². The Kier molecular flexibility index (Phi) is 6.26. The molecule has 200 valence electrons. The summed E-state index contributed by atoms with van der Waals surface area (Å²) in [6, 6.07) is 16.5. The van der Waals surface area contributed by atoms with Crippen LogP contribution in [-0.4, -0.2) is 43.5 Å². The van der Waals surface area contributed by atoms with Crippen LogP contribution in [0.15, 0.2) is 54.7 Å². The van der Waals surface area contributed by atoms with E-state index in [0.29, 0.717) is 39.9 Å². The van der Waals surface area contributed by atoms with Gasteiger partial charge in [-0.1, -0.05) is 18.2 Å². The standard InChI is InChI=1S/C31H31F2N5O/c1-31(2,39)17-38-30-13-27(33)25(10-21(30)15-36-38)23-7-3-18(16-37-22-6-8-29(37)28(35)12-22)9-24(23)19-4-5-20(14-34)26(32)11-19/h3-5,7,9-11,13,15,22,28-29,39H,6,8,12,16-17,35H2,1-2H3/t22-,28+,29+/m1/s1. The summed E-state index contributed by atoms with van der Waals surface area (Å²) in [5, 5.41) is 24.6. The fraction of sp³-hybridized carbons (Fsp3) is 0.355. The number of rotatable bonds is 6. The van der Waals surface area contributed by atoms with Crippen LogP contribution < -0.4 is 5.73 Å². The van der Waals surface area contributed by atoms with Crippen molar-refractivity contribution in [1.82, 2.24) is 14.7 Å². The van der Waals surface area contributed by atoms with Crippen LogP contribution in [0.5, 0.6) is 0 Å². The summed E-state index contributed by atoms with van der Waals surface area (Å²) in [5.41, 5.74) is 9.20. The number of hydrogen-bond donors (Lipinski definition) is 2. The van der Waals surface area contributed by atoms with Gasteiger partial charge in [0, 0.05) is 41.7 Å². The van der Waals surface area contributed by atoms with Crippen LogP contribution in [-0.2, 0) is 13.1 Å². The molecule has 0 aliphatic carbocycles. The lowest BCUT2D eigenvalue weighted by Crippen LogP contribution is -2.36. The fourth-order valence-corrected chi connectivity index (χ4v) is 6.34. The first-order chi connectivity index (χ1) is 18.6. The largest absolute Gasteiger partial charge is 0.389 e. The van der Waals surface area contributed by atoms with Crippen LogP contribution in [0.3, 0.4) is 0 Å². The van der Waals surface area contributed by atoms with Crippen molar-refractivity contribution in [2.45, 2.75) is 69.9 Å². The third kappa shape index (κ3) is 4.71. The van der Waals surface area contributed by atoms with E-state index in [2.05, 4.69) is 10.00 Å². The van der Waals surface area contributed by atoms with Gasteiger partial charge in [0.15, 0.2) is 0 Å². The van der Waals surface area contributed by atoms with E-state index in [0.717, 1.165) is 36.8 Å². The topological polar surface area (TPSA) is 91.1 Å².